The zero-order valence-electron chi connectivity index (χ0n) is 12.3. The van der Waals surface area contributed by atoms with Crippen molar-refractivity contribution >= 4 is 11.7 Å². The second-order valence-electron chi connectivity index (χ2n) is 5.34. The molecule has 0 aromatic heterocycles. The normalized spacial score (nSPS) is 18.8. The first-order chi connectivity index (χ1) is 10.6. The van der Waals surface area contributed by atoms with Crippen molar-refractivity contribution in [3.05, 3.63) is 34.4 Å². The Morgan fingerprint density at radius 3 is 2.73 bits per heavy atom. The first-order valence-electron chi connectivity index (χ1n) is 7.42. The molecule has 0 aliphatic carbocycles. The predicted octanol–water partition coefficient (Wildman–Crippen LogP) is 2.30. The van der Waals surface area contributed by atoms with Gasteiger partial charge in [-0.2, -0.15) is 0 Å². The van der Waals surface area contributed by atoms with Crippen LogP contribution in [0.15, 0.2) is 24.3 Å². The molecular weight excluding hydrogens is 288 g/mol. The van der Waals surface area contributed by atoms with Gasteiger partial charge in [0, 0.05) is 18.7 Å². The second-order valence-corrected chi connectivity index (χ2v) is 5.34. The van der Waals surface area contributed by atoms with E-state index in [0.717, 1.165) is 25.8 Å². The average molecular weight is 308 g/mol. The molecule has 7 heteroatoms. The highest BCUT2D eigenvalue weighted by Gasteiger charge is 2.27. The van der Waals surface area contributed by atoms with E-state index < -0.39 is 10.9 Å². The second kappa shape index (κ2) is 7.74. The number of nitro groups is 1. The van der Waals surface area contributed by atoms with Crippen LogP contribution in [0.1, 0.15) is 25.7 Å². The van der Waals surface area contributed by atoms with E-state index in [1.807, 2.05) is 4.90 Å². The van der Waals surface area contributed by atoms with Crippen LogP contribution in [0.25, 0.3) is 0 Å². The number of aliphatic carboxylic acids is 1. The van der Waals surface area contributed by atoms with Gasteiger partial charge in [-0.25, -0.2) is 0 Å². The number of benzene rings is 1. The minimum atomic E-state index is -0.754. The van der Waals surface area contributed by atoms with E-state index in [-0.39, 0.29) is 11.7 Å². The van der Waals surface area contributed by atoms with Crippen LogP contribution in [0.2, 0.25) is 0 Å². The number of carbonyl (C=O) groups is 1. The highest BCUT2D eigenvalue weighted by molar-refractivity contribution is 5.73. The average Bonchev–Trinajstić information content (AvgIpc) is 2.52. The number of non-ortho nitro benzene ring substituents is 1. The molecule has 1 aromatic carbocycles. The largest absolute Gasteiger partial charge is 0.494 e. The van der Waals surface area contributed by atoms with Crippen molar-refractivity contribution in [1.82, 2.24) is 4.90 Å². The summed E-state index contributed by atoms with van der Waals surface area (Å²) in [7, 11) is 0. The van der Waals surface area contributed by atoms with Gasteiger partial charge in [-0.3, -0.25) is 19.8 Å². The number of carboxylic acids is 1. The highest BCUT2D eigenvalue weighted by atomic mass is 16.6. The van der Waals surface area contributed by atoms with E-state index in [0.29, 0.717) is 25.3 Å². The molecule has 1 aliphatic rings. The Hall–Kier alpha value is -2.15. The lowest BCUT2D eigenvalue weighted by Crippen LogP contribution is -2.45. The highest BCUT2D eigenvalue weighted by Crippen LogP contribution is 2.19. The molecule has 0 spiro atoms. The maximum Gasteiger partial charge on any atom is 0.320 e. The van der Waals surface area contributed by atoms with Crippen molar-refractivity contribution in [2.45, 2.75) is 31.7 Å². The molecule has 2 rings (SSSR count). The molecule has 1 aliphatic heterocycles. The van der Waals surface area contributed by atoms with Crippen LogP contribution in [-0.4, -0.2) is 46.6 Å². The van der Waals surface area contributed by atoms with Gasteiger partial charge in [0.2, 0.25) is 0 Å². The number of hydrogen-bond acceptors (Lipinski definition) is 5. The summed E-state index contributed by atoms with van der Waals surface area (Å²) in [5, 5.41) is 19.7. The quantitative estimate of drug-likeness (QED) is 0.472. The maximum atomic E-state index is 11.2. The SMILES string of the molecule is O=C(O)C1CCCCN1CCCOc1ccc([N+](=O)[O-])cc1. The van der Waals surface area contributed by atoms with Gasteiger partial charge in [-0.15, -0.1) is 0 Å². The molecular formula is C15H20N2O5. The summed E-state index contributed by atoms with van der Waals surface area (Å²) in [6, 6.07) is 5.56. The predicted molar refractivity (Wildman–Crippen MR) is 80.1 cm³/mol. The van der Waals surface area contributed by atoms with Crippen molar-refractivity contribution in [1.29, 1.82) is 0 Å². The van der Waals surface area contributed by atoms with Crippen LogP contribution in [0, 0.1) is 10.1 Å². The Kier molecular flexibility index (Phi) is 5.71. The van der Waals surface area contributed by atoms with Crippen molar-refractivity contribution in [3.8, 4) is 5.75 Å². The Balaban J connectivity index is 1.74. The summed E-state index contributed by atoms with van der Waals surface area (Å²) in [4.78, 5) is 23.3. The van der Waals surface area contributed by atoms with E-state index in [4.69, 9.17) is 4.74 Å². The minimum absolute atomic E-state index is 0.0324. The Morgan fingerprint density at radius 1 is 1.36 bits per heavy atom. The summed E-state index contributed by atoms with van der Waals surface area (Å²) in [5.41, 5.74) is 0.0324. The van der Waals surface area contributed by atoms with Crippen molar-refractivity contribution in [3.63, 3.8) is 0 Å². The number of piperidine rings is 1. The van der Waals surface area contributed by atoms with Crippen molar-refractivity contribution in [2.75, 3.05) is 19.7 Å². The zero-order valence-corrected chi connectivity index (χ0v) is 12.3. The molecule has 1 atom stereocenters. The van der Waals surface area contributed by atoms with Gasteiger partial charge in [0.1, 0.15) is 11.8 Å². The molecule has 0 amide bonds. The zero-order chi connectivity index (χ0) is 15.9. The Morgan fingerprint density at radius 2 is 2.09 bits per heavy atom. The van der Waals surface area contributed by atoms with Crippen LogP contribution in [0.5, 0.6) is 5.75 Å². The van der Waals surface area contributed by atoms with Gasteiger partial charge >= 0.3 is 5.97 Å². The third-order valence-electron chi connectivity index (χ3n) is 3.80. The fourth-order valence-corrected chi connectivity index (χ4v) is 2.66. The van der Waals surface area contributed by atoms with Gasteiger partial charge in [0.15, 0.2) is 0 Å². The number of carboxylic acid groups (broad SMARTS) is 1. The Labute approximate surface area is 128 Å². The van der Waals surface area contributed by atoms with Gasteiger partial charge < -0.3 is 9.84 Å². The third-order valence-corrected chi connectivity index (χ3v) is 3.80. The van der Waals surface area contributed by atoms with Crippen LogP contribution in [0.4, 0.5) is 5.69 Å². The summed E-state index contributed by atoms with van der Waals surface area (Å²) >= 11 is 0. The molecule has 1 N–H and O–H groups in total. The van der Waals surface area contributed by atoms with Gasteiger partial charge in [0.05, 0.1) is 11.5 Å². The van der Waals surface area contributed by atoms with E-state index in [1.54, 1.807) is 12.1 Å². The van der Waals surface area contributed by atoms with E-state index in [9.17, 15) is 20.0 Å². The number of likely N-dealkylation sites (tertiary alicyclic amines) is 1. The van der Waals surface area contributed by atoms with E-state index in [2.05, 4.69) is 0 Å². The number of nitrogens with zero attached hydrogens (tertiary/aromatic N) is 2. The summed E-state index contributed by atoms with van der Waals surface area (Å²) in [6.45, 7) is 1.96. The van der Waals surface area contributed by atoms with E-state index in [1.165, 1.54) is 12.1 Å². The molecule has 1 fully saturated rings. The number of rotatable bonds is 7. The third kappa shape index (κ3) is 4.42. The van der Waals surface area contributed by atoms with Gasteiger partial charge in [-0.1, -0.05) is 6.42 Å². The monoisotopic (exact) mass is 308 g/mol. The summed E-state index contributed by atoms with van der Waals surface area (Å²) in [6.07, 6.45) is 3.43. The number of nitro benzene ring substituents is 1. The molecule has 0 radical (unpaired) electrons. The Bertz CT molecular complexity index is 517. The fraction of sp³-hybridized carbons (Fsp3) is 0.533. The smallest absolute Gasteiger partial charge is 0.320 e. The minimum Gasteiger partial charge on any atom is -0.494 e. The first-order valence-corrected chi connectivity index (χ1v) is 7.42. The molecule has 1 saturated heterocycles. The van der Waals surface area contributed by atoms with Crippen LogP contribution < -0.4 is 4.74 Å². The van der Waals surface area contributed by atoms with E-state index >= 15 is 0 Å². The lowest BCUT2D eigenvalue weighted by Gasteiger charge is -2.32. The number of hydrogen-bond donors (Lipinski definition) is 1. The fourth-order valence-electron chi connectivity index (χ4n) is 2.66. The first kappa shape index (κ1) is 16.2. The van der Waals surface area contributed by atoms with Crippen molar-refractivity contribution in [2.24, 2.45) is 0 Å². The molecule has 22 heavy (non-hydrogen) atoms. The molecule has 0 saturated carbocycles. The number of ether oxygens (including phenoxy) is 1. The van der Waals surface area contributed by atoms with Crippen LogP contribution in [-0.2, 0) is 4.79 Å². The summed E-state index contributed by atoms with van der Waals surface area (Å²) < 4.78 is 5.53. The van der Waals surface area contributed by atoms with Crippen LogP contribution in [0.3, 0.4) is 0 Å². The van der Waals surface area contributed by atoms with Gasteiger partial charge in [-0.05, 0) is 37.9 Å². The molecule has 0 bridgehead atoms. The molecule has 1 aromatic rings. The molecule has 1 unspecified atom stereocenters. The molecule has 1 heterocycles. The van der Waals surface area contributed by atoms with Crippen LogP contribution >= 0.6 is 0 Å². The lowest BCUT2D eigenvalue weighted by atomic mass is 10.0. The molecule has 120 valence electrons. The van der Waals surface area contributed by atoms with Gasteiger partial charge in [0.25, 0.3) is 5.69 Å². The maximum absolute atomic E-state index is 11.2. The molecule has 7 nitrogen and oxygen atoms in total. The topological polar surface area (TPSA) is 92.9 Å². The lowest BCUT2D eigenvalue weighted by molar-refractivity contribution is -0.384. The standard InChI is InChI=1S/C15H20N2O5/c18-15(19)14-4-1-2-9-16(14)10-3-11-22-13-7-5-12(6-8-13)17(20)21/h5-8,14H,1-4,9-11H2,(H,18,19). The van der Waals surface area contributed by atoms with Crippen molar-refractivity contribution < 1.29 is 19.6 Å². The summed E-state index contributed by atoms with van der Waals surface area (Å²) in [5.74, 6) is -0.171.